The molecule has 0 saturated carbocycles. The third-order valence-electron chi connectivity index (χ3n) is 1.84. The van der Waals surface area contributed by atoms with Crippen molar-refractivity contribution in [2.45, 2.75) is 6.04 Å². The largest absolute Gasteiger partial charge is 0.408 e. The van der Waals surface area contributed by atoms with Crippen LogP contribution in [0.5, 0.6) is 0 Å². The summed E-state index contributed by atoms with van der Waals surface area (Å²) < 4.78 is 2.67. The predicted octanol–water partition coefficient (Wildman–Crippen LogP) is 0.621. The second kappa shape index (κ2) is 3.86. The van der Waals surface area contributed by atoms with Gasteiger partial charge in [0, 0.05) is 6.26 Å². The van der Waals surface area contributed by atoms with Crippen molar-refractivity contribution in [2.24, 2.45) is 0 Å². The summed E-state index contributed by atoms with van der Waals surface area (Å²) in [5.74, 6) is -0.0423. The van der Waals surface area contributed by atoms with Crippen LogP contribution >= 0.6 is 19.9 Å². The second-order valence-electron chi connectivity index (χ2n) is 2.86. The smallest absolute Gasteiger partial charge is 0.254 e. The number of nitrogens with one attached hydrogen (secondary N) is 2. The summed E-state index contributed by atoms with van der Waals surface area (Å²) >= 11 is 1.30. The predicted molar refractivity (Wildman–Crippen MR) is 54.4 cm³/mol. The summed E-state index contributed by atoms with van der Waals surface area (Å²) in [5.41, 5.74) is 3.71. The third kappa shape index (κ3) is 2.16. The Morgan fingerprint density at radius 2 is 2.62 bits per heavy atom. The maximum absolute atomic E-state index is 11.3. The highest BCUT2D eigenvalue weighted by Gasteiger charge is 2.33. The Kier molecular flexibility index (Phi) is 2.77. The van der Waals surface area contributed by atoms with Crippen molar-refractivity contribution in [1.82, 2.24) is 10.2 Å². The van der Waals surface area contributed by atoms with E-state index in [-0.39, 0.29) is 19.9 Å². The van der Waals surface area contributed by atoms with E-state index in [1.807, 2.05) is 12.3 Å². The van der Waals surface area contributed by atoms with Crippen molar-refractivity contribution in [1.29, 1.82) is 0 Å². The van der Waals surface area contributed by atoms with Crippen LogP contribution < -0.4 is 10.2 Å². The minimum atomic E-state index is -0.300. The zero-order valence-electron chi connectivity index (χ0n) is 7.24. The summed E-state index contributed by atoms with van der Waals surface area (Å²) in [4.78, 5) is 16.5. The van der Waals surface area contributed by atoms with Crippen molar-refractivity contribution in [3.8, 4) is 0 Å². The van der Waals surface area contributed by atoms with Crippen LogP contribution in [-0.4, -0.2) is 30.5 Å². The van der Waals surface area contributed by atoms with Crippen LogP contribution in [0.2, 0.25) is 0 Å². The van der Waals surface area contributed by atoms with Crippen LogP contribution in [0.3, 0.4) is 0 Å². The molecule has 2 aliphatic heterocycles. The lowest BCUT2D eigenvalue weighted by Gasteiger charge is -2.05. The molecule has 1 unspecified atom stereocenters. The molecule has 0 bridgehead atoms. The molecule has 72 valence electrons. The highest BCUT2D eigenvalue weighted by molar-refractivity contribution is 7.97. The van der Waals surface area contributed by atoms with Crippen LogP contribution in [0.1, 0.15) is 0 Å². The fourth-order valence-electron chi connectivity index (χ4n) is 1.07. The van der Waals surface area contributed by atoms with Gasteiger partial charge in [0.2, 0.25) is 0 Å². The zero-order valence-corrected chi connectivity index (χ0v) is 8.95. The first-order valence-corrected chi connectivity index (χ1v) is 6.97. The van der Waals surface area contributed by atoms with Gasteiger partial charge in [-0.05, 0) is 26.3 Å². The normalized spacial score (nSPS) is 26.5. The standard InChI is InChI=1S/C7H11N2O2PS/c1-13-9-7(10)5-4-6(11-8-5)12-2-3-12/h4-5,8H,2-3H2,1H3,(H,9,10). The van der Waals surface area contributed by atoms with Gasteiger partial charge in [-0.25, -0.2) is 0 Å². The molecule has 0 aromatic heterocycles. The summed E-state index contributed by atoms with van der Waals surface area (Å²) in [6.45, 7) is 0. The van der Waals surface area contributed by atoms with Crippen molar-refractivity contribution >= 4 is 25.8 Å². The Hall–Kier alpha value is -0.250. The van der Waals surface area contributed by atoms with Crippen LogP contribution in [0.4, 0.5) is 0 Å². The van der Waals surface area contributed by atoms with E-state index in [1.54, 1.807) is 0 Å². The molecule has 2 aliphatic rings. The van der Waals surface area contributed by atoms with Crippen LogP contribution in [-0.2, 0) is 9.63 Å². The van der Waals surface area contributed by atoms with Gasteiger partial charge in [0.15, 0.2) is 0 Å². The van der Waals surface area contributed by atoms with Gasteiger partial charge in [-0.15, -0.1) is 5.48 Å². The first-order valence-electron chi connectivity index (χ1n) is 4.03. The molecular formula is C7H11N2O2PS. The lowest BCUT2D eigenvalue weighted by atomic mass is 10.3. The fraction of sp³-hybridized carbons (Fsp3) is 0.571. The molecule has 0 aromatic carbocycles. The quantitative estimate of drug-likeness (QED) is 0.538. The number of hydrogen-bond donors (Lipinski definition) is 2. The van der Waals surface area contributed by atoms with Crippen LogP contribution in [0.25, 0.3) is 0 Å². The minimum absolute atomic E-state index is 0.0227. The van der Waals surface area contributed by atoms with Crippen molar-refractivity contribution in [3.63, 3.8) is 0 Å². The van der Waals surface area contributed by atoms with E-state index in [0.29, 0.717) is 0 Å². The second-order valence-corrected chi connectivity index (χ2v) is 5.89. The first-order chi connectivity index (χ1) is 6.31. The van der Waals surface area contributed by atoms with Gasteiger partial charge in [-0.1, -0.05) is 11.9 Å². The summed E-state index contributed by atoms with van der Waals surface area (Å²) in [6.07, 6.45) is 6.22. The summed E-state index contributed by atoms with van der Waals surface area (Å²) in [7, 11) is -0.0227. The topological polar surface area (TPSA) is 50.4 Å². The molecule has 1 atom stereocenters. The van der Waals surface area contributed by atoms with E-state index in [1.165, 1.54) is 24.3 Å². The van der Waals surface area contributed by atoms with Crippen molar-refractivity contribution in [2.75, 3.05) is 18.6 Å². The molecule has 13 heavy (non-hydrogen) atoms. The summed E-state index contributed by atoms with van der Waals surface area (Å²) in [5, 5.41) is 0. The number of carbonyl (C=O) groups excluding carboxylic acids is 1. The number of hydrogen-bond acceptors (Lipinski definition) is 4. The average molecular weight is 218 g/mol. The Morgan fingerprint density at radius 1 is 1.85 bits per heavy atom. The van der Waals surface area contributed by atoms with Gasteiger partial charge in [0.25, 0.3) is 5.91 Å². The molecule has 6 heteroatoms. The molecule has 4 nitrogen and oxygen atoms in total. The Balaban J connectivity index is 1.91. The molecule has 1 fully saturated rings. The van der Waals surface area contributed by atoms with Gasteiger partial charge >= 0.3 is 0 Å². The van der Waals surface area contributed by atoms with Gasteiger partial charge in [-0.2, -0.15) is 0 Å². The maximum atomic E-state index is 11.3. The monoisotopic (exact) mass is 218 g/mol. The van der Waals surface area contributed by atoms with Crippen LogP contribution in [0, 0.1) is 0 Å². The number of carbonyl (C=O) groups is 1. The van der Waals surface area contributed by atoms with Gasteiger partial charge < -0.3 is 4.84 Å². The highest BCUT2D eigenvalue weighted by Crippen LogP contribution is 2.58. The molecule has 0 radical (unpaired) electrons. The van der Waals surface area contributed by atoms with Gasteiger partial charge in [0.1, 0.15) is 11.5 Å². The first kappa shape index (κ1) is 9.31. The highest BCUT2D eigenvalue weighted by atomic mass is 32.2. The Bertz CT molecular complexity index is 255. The lowest BCUT2D eigenvalue weighted by molar-refractivity contribution is -0.121. The average Bonchev–Trinajstić information content (AvgIpc) is 2.84. The van der Waals surface area contributed by atoms with E-state index in [4.69, 9.17) is 4.84 Å². The molecule has 2 heterocycles. The molecule has 2 N–H and O–H groups in total. The summed E-state index contributed by atoms with van der Waals surface area (Å²) in [6, 6.07) is -0.300. The van der Waals surface area contributed by atoms with Crippen LogP contribution in [0.15, 0.2) is 11.6 Å². The van der Waals surface area contributed by atoms with E-state index in [2.05, 4.69) is 10.2 Å². The number of amides is 1. The van der Waals surface area contributed by atoms with E-state index in [0.717, 1.165) is 5.50 Å². The maximum Gasteiger partial charge on any atom is 0.254 e. The third-order valence-corrected chi connectivity index (χ3v) is 4.01. The lowest BCUT2D eigenvalue weighted by Crippen LogP contribution is -2.36. The van der Waals surface area contributed by atoms with Crippen molar-refractivity contribution in [3.05, 3.63) is 11.6 Å². The molecule has 1 saturated heterocycles. The van der Waals surface area contributed by atoms with Gasteiger partial charge in [0.05, 0.1) is 0 Å². The van der Waals surface area contributed by atoms with E-state index in [9.17, 15) is 4.79 Å². The Morgan fingerprint density at radius 3 is 3.23 bits per heavy atom. The SMILES string of the molecule is CSNC(=O)C1C=C(P2CC2)ON1. The fourth-order valence-corrected chi connectivity index (χ4v) is 2.78. The van der Waals surface area contributed by atoms with E-state index < -0.39 is 0 Å². The molecule has 0 spiro atoms. The molecule has 1 amide bonds. The number of rotatable bonds is 3. The Labute approximate surface area is 82.3 Å². The van der Waals surface area contributed by atoms with Gasteiger partial charge in [-0.3, -0.25) is 9.52 Å². The molecule has 0 aromatic rings. The molecular weight excluding hydrogens is 207 g/mol. The number of hydroxylamine groups is 1. The minimum Gasteiger partial charge on any atom is -0.408 e. The van der Waals surface area contributed by atoms with Crippen molar-refractivity contribution < 1.29 is 9.63 Å². The molecule has 2 rings (SSSR count). The zero-order chi connectivity index (χ0) is 9.26. The van der Waals surface area contributed by atoms with E-state index >= 15 is 0 Å². The molecule has 0 aliphatic carbocycles.